The predicted octanol–water partition coefficient (Wildman–Crippen LogP) is 3.58. The second-order valence-electron chi connectivity index (χ2n) is 6.42. The van der Waals surface area contributed by atoms with Crippen LogP contribution in [0.25, 0.3) is 11.3 Å². The molecule has 3 rings (SSSR count). The van der Waals surface area contributed by atoms with E-state index < -0.39 is 0 Å². The van der Waals surface area contributed by atoms with Crippen molar-refractivity contribution in [2.45, 2.75) is 26.7 Å². The highest BCUT2D eigenvalue weighted by Crippen LogP contribution is 2.26. The Balaban J connectivity index is 1.78. The number of nitrogens with zero attached hydrogens (tertiary/aromatic N) is 3. The van der Waals surface area contributed by atoms with Crippen molar-refractivity contribution in [1.82, 2.24) is 15.2 Å². The molecule has 0 aliphatic carbocycles. The molecule has 6 nitrogen and oxygen atoms in total. The van der Waals surface area contributed by atoms with Crippen LogP contribution >= 0.6 is 0 Å². The van der Waals surface area contributed by atoms with Crippen LogP contribution in [0.1, 0.15) is 35.0 Å². The number of hydrogen-bond donors (Lipinski definition) is 1. The minimum Gasteiger partial charge on any atom is -0.316 e. The molecular weight excluding hydrogens is 340 g/mol. The average Bonchev–Trinajstić information content (AvgIpc) is 3.19. The molecule has 27 heavy (non-hydrogen) atoms. The minimum atomic E-state index is -0.00919. The fraction of sp³-hybridized carbons (Fsp3) is 0.238. The molecule has 2 aromatic heterocycles. The number of anilines is 1. The second-order valence-corrected chi connectivity index (χ2v) is 6.42. The number of aromatic amines is 1. The van der Waals surface area contributed by atoms with Crippen LogP contribution in [0.15, 0.2) is 48.8 Å². The summed E-state index contributed by atoms with van der Waals surface area (Å²) in [5.74, 6) is 0.0606. The molecule has 0 bridgehead atoms. The number of H-pyrrole nitrogens is 1. The summed E-state index contributed by atoms with van der Waals surface area (Å²) in [5, 5.41) is 6.64. The lowest BCUT2D eigenvalue weighted by atomic mass is 10.0. The third kappa shape index (κ3) is 4.11. The van der Waals surface area contributed by atoms with Crippen molar-refractivity contribution >= 4 is 17.4 Å². The summed E-state index contributed by atoms with van der Waals surface area (Å²) in [6, 6.07) is 11.3. The van der Waals surface area contributed by atoms with Gasteiger partial charge < -0.3 is 4.90 Å². The maximum Gasteiger partial charge on any atom is 0.226 e. The molecule has 2 heterocycles. The number of nitrogens with one attached hydrogen (secondary N) is 1. The van der Waals surface area contributed by atoms with E-state index in [4.69, 9.17) is 0 Å². The highest BCUT2D eigenvalue weighted by molar-refractivity contribution is 5.97. The van der Waals surface area contributed by atoms with Gasteiger partial charge in [-0.05, 0) is 42.8 Å². The molecule has 1 aromatic carbocycles. The van der Waals surface area contributed by atoms with Gasteiger partial charge >= 0.3 is 0 Å². The van der Waals surface area contributed by atoms with Crippen LogP contribution in [0.3, 0.4) is 0 Å². The van der Waals surface area contributed by atoms with Crippen molar-refractivity contribution in [3.63, 3.8) is 0 Å². The fourth-order valence-electron chi connectivity index (χ4n) is 2.90. The highest BCUT2D eigenvalue weighted by Gasteiger charge is 2.13. The van der Waals surface area contributed by atoms with Crippen molar-refractivity contribution in [2.75, 3.05) is 11.9 Å². The summed E-state index contributed by atoms with van der Waals surface area (Å²) in [6.07, 6.45) is 3.97. The molecule has 0 unspecified atom stereocenters. The summed E-state index contributed by atoms with van der Waals surface area (Å²) in [7, 11) is 1.78. The molecular formula is C21H22N4O2. The number of amides is 1. The zero-order valence-electron chi connectivity index (χ0n) is 15.7. The molecule has 3 aromatic rings. The first kappa shape index (κ1) is 18.5. The molecule has 1 N–H and O–H groups in total. The summed E-state index contributed by atoms with van der Waals surface area (Å²) in [5.41, 5.74) is 4.99. The van der Waals surface area contributed by atoms with Gasteiger partial charge in [-0.1, -0.05) is 13.0 Å². The van der Waals surface area contributed by atoms with Gasteiger partial charge in [-0.3, -0.25) is 19.7 Å². The number of carbonyl (C=O) groups excluding carboxylic acids is 2. The average molecular weight is 362 g/mol. The fourth-order valence-corrected chi connectivity index (χ4v) is 2.90. The Morgan fingerprint density at radius 2 is 1.96 bits per heavy atom. The highest BCUT2D eigenvalue weighted by atomic mass is 16.2. The van der Waals surface area contributed by atoms with Crippen molar-refractivity contribution < 1.29 is 9.59 Å². The zero-order chi connectivity index (χ0) is 19.4. The molecule has 0 atom stereocenters. The van der Waals surface area contributed by atoms with E-state index in [0.29, 0.717) is 12.0 Å². The lowest BCUT2D eigenvalue weighted by molar-refractivity contribution is -0.118. The van der Waals surface area contributed by atoms with Crippen LogP contribution in [0.5, 0.6) is 0 Å². The number of aromatic nitrogens is 3. The quantitative estimate of drug-likeness (QED) is 0.680. The van der Waals surface area contributed by atoms with Crippen molar-refractivity contribution in [3.8, 4) is 11.3 Å². The van der Waals surface area contributed by atoms with Crippen LogP contribution in [0, 0.1) is 6.92 Å². The second kappa shape index (κ2) is 7.95. The Kier molecular flexibility index (Phi) is 5.45. The van der Waals surface area contributed by atoms with Crippen molar-refractivity contribution in [2.24, 2.45) is 0 Å². The molecule has 0 saturated heterocycles. The minimum absolute atomic E-state index is 0.00919. The molecule has 0 saturated carbocycles. The number of benzene rings is 1. The number of aryl methyl sites for hydroxylation is 1. The zero-order valence-corrected chi connectivity index (χ0v) is 15.7. The van der Waals surface area contributed by atoms with E-state index in [-0.39, 0.29) is 18.1 Å². The molecule has 0 radical (unpaired) electrons. The van der Waals surface area contributed by atoms with Crippen LogP contribution in [0.4, 0.5) is 5.69 Å². The van der Waals surface area contributed by atoms with Gasteiger partial charge in [0.15, 0.2) is 5.78 Å². The molecule has 0 aliphatic heterocycles. The maximum absolute atomic E-state index is 12.3. The topological polar surface area (TPSA) is 79.0 Å². The molecule has 0 fully saturated rings. The van der Waals surface area contributed by atoms with E-state index >= 15 is 0 Å². The first-order chi connectivity index (χ1) is 13.0. The van der Waals surface area contributed by atoms with E-state index in [1.807, 2.05) is 38.1 Å². The van der Waals surface area contributed by atoms with Gasteiger partial charge in [0.05, 0.1) is 12.1 Å². The normalized spacial score (nSPS) is 10.6. The SMILES string of the molecule is CCC(=O)N(C)c1ccc(-c2ccc(C(=O)Cc3ccn[nH]3)cn2)c(C)c1. The third-order valence-electron chi connectivity index (χ3n) is 4.54. The van der Waals surface area contributed by atoms with E-state index in [1.165, 1.54) is 0 Å². The van der Waals surface area contributed by atoms with Gasteiger partial charge in [0.1, 0.15) is 0 Å². The van der Waals surface area contributed by atoms with Crippen molar-refractivity contribution in [1.29, 1.82) is 0 Å². The van der Waals surface area contributed by atoms with E-state index in [1.54, 1.807) is 36.5 Å². The monoisotopic (exact) mass is 362 g/mol. The lowest BCUT2D eigenvalue weighted by Crippen LogP contribution is -2.25. The van der Waals surface area contributed by atoms with Crippen molar-refractivity contribution in [3.05, 3.63) is 65.6 Å². The first-order valence-corrected chi connectivity index (χ1v) is 8.84. The summed E-state index contributed by atoms with van der Waals surface area (Å²) in [4.78, 5) is 30.3. The van der Waals surface area contributed by atoms with E-state index in [9.17, 15) is 9.59 Å². The number of ketones is 1. The van der Waals surface area contributed by atoms with Gasteiger partial charge in [-0.15, -0.1) is 0 Å². The summed E-state index contributed by atoms with van der Waals surface area (Å²) in [6.45, 7) is 3.83. The predicted molar refractivity (Wildman–Crippen MR) is 105 cm³/mol. The standard InChI is InChI=1S/C21H22N4O2/c1-4-21(27)25(3)17-6-7-18(14(2)11-17)19-8-5-15(13-22-19)20(26)12-16-9-10-23-24-16/h5-11,13H,4,12H2,1-3H3,(H,23,24). The number of rotatable bonds is 6. The Labute approximate surface area is 158 Å². The first-order valence-electron chi connectivity index (χ1n) is 8.84. The van der Waals surface area contributed by atoms with Crippen LogP contribution in [0.2, 0.25) is 0 Å². The molecule has 1 amide bonds. The number of carbonyl (C=O) groups is 2. The Hall–Kier alpha value is -3.28. The summed E-state index contributed by atoms with van der Waals surface area (Å²) < 4.78 is 0. The number of pyridine rings is 1. The smallest absolute Gasteiger partial charge is 0.226 e. The Bertz CT molecular complexity index is 947. The van der Waals surface area contributed by atoms with E-state index in [2.05, 4.69) is 15.2 Å². The van der Waals surface area contributed by atoms with Gasteiger partial charge in [0.25, 0.3) is 0 Å². The Morgan fingerprint density at radius 3 is 2.56 bits per heavy atom. The molecule has 138 valence electrons. The van der Waals surface area contributed by atoms with Gasteiger partial charge in [-0.25, -0.2) is 0 Å². The van der Waals surface area contributed by atoms with E-state index in [0.717, 1.165) is 28.2 Å². The van der Waals surface area contributed by atoms with Crippen LogP contribution < -0.4 is 4.90 Å². The lowest BCUT2D eigenvalue weighted by Gasteiger charge is -2.18. The van der Waals surface area contributed by atoms with Crippen LogP contribution in [-0.2, 0) is 11.2 Å². The van der Waals surface area contributed by atoms with Crippen LogP contribution in [-0.4, -0.2) is 33.9 Å². The number of hydrogen-bond acceptors (Lipinski definition) is 4. The van der Waals surface area contributed by atoms with Gasteiger partial charge in [0, 0.05) is 48.4 Å². The van der Waals surface area contributed by atoms with Gasteiger partial charge in [0.2, 0.25) is 5.91 Å². The maximum atomic E-state index is 12.3. The molecule has 6 heteroatoms. The van der Waals surface area contributed by atoms with Gasteiger partial charge in [-0.2, -0.15) is 5.10 Å². The molecule has 0 aliphatic rings. The largest absolute Gasteiger partial charge is 0.316 e. The molecule has 0 spiro atoms. The summed E-state index contributed by atoms with van der Waals surface area (Å²) >= 11 is 0. The Morgan fingerprint density at radius 1 is 1.15 bits per heavy atom. The number of Topliss-reactive ketones (excluding diaryl/α,β-unsaturated/α-hetero) is 1. The third-order valence-corrected chi connectivity index (χ3v) is 4.54.